The second-order valence-electron chi connectivity index (χ2n) is 6.57. The van der Waals surface area contributed by atoms with Crippen molar-refractivity contribution in [3.8, 4) is 5.69 Å². The molecule has 28 heavy (non-hydrogen) atoms. The first kappa shape index (κ1) is 17.7. The first-order chi connectivity index (χ1) is 13.6. The molecule has 7 heteroatoms. The molecule has 0 unspecified atom stereocenters. The van der Waals surface area contributed by atoms with E-state index in [1.807, 2.05) is 56.3 Å². The number of anilines is 1. The van der Waals surface area contributed by atoms with Gasteiger partial charge in [-0.3, -0.25) is 10.3 Å². The number of hydrogen-bond acceptors (Lipinski definition) is 4. The van der Waals surface area contributed by atoms with Crippen LogP contribution in [0.4, 0.5) is 10.6 Å². The molecule has 1 atom stereocenters. The summed E-state index contributed by atoms with van der Waals surface area (Å²) in [7, 11) is 0. The highest BCUT2D eigenvalue weighted by atomic mass is 16.2. The maximum absolute atomic E-state index is 12.3. The summed E-state index contributed by atoms with van der Waals surface area (Å²) >= 11 is 0. The van der Waals surface area contributed by atoms with Crippen LogP contribution in [0.15, 0.2) is 67.1 Å². The summed E-state index contributed by atoms with van der Waals surface area (Å²) in [5, 5.41) is 11.0. The molecule has 0 bridgehead atoms. The van der Waals surface area contributed by atoms with Crippen LogP contribution in [0, 0.1) is 6.92 Å². The molecule has 0 radical (unpaired) electrons. The Morgan fingerprint density at radius 1 is 1.07 bits per heavy atom. The van der Waals surface area contributed by atoms with Crippen molar-refractivity contribution in [2.75, 3.05) is 5.32 Å². The Balaban J connectivity index is 1.50. The molecule has 0 aliphatic carbocycles. The van der Waals surface area contributed by atoms with Gasteiger partial charge in [-0.2, -0.15) is 5.10 Å². The van der Waals surface area contributed by atoms with Crippen LogP contribution in [-0.2, 0) is 0 Å². The third-order valence-electron chi connectivity index (χ3n) is 4.47. The number of benzene rings is 1. The van der Waals surface area contributed by atoms with E-state index < -0.39 is 0 Å². The summed E-state index contributed by atoms with van der Waals surface area (Å²) < 4.78 is 1.80. The number of amides is 2. The Hall–Kier alpha value is -3.74. The number of hydrogen-bond donors (Lipinski definition) is 2. The molecule has 4 aromatic rings. The minimum atomic E-state index is -0.305. The van der Waals surface area contributed by atoms with Crippen molar-refractivity contribution in [3.63, 3.8) is 0 Å². The van der Waals surface area contributed by atoms with Gasteiger partial charge in [0.1, 0.15) is 5.82 Å². The van der Waals surface area contributed by atoms with Gasteiger partial charge in [-0.25, -0.2) is 14.5 Å². The van der Waals surface area contributed by atoms with E-state index in [1.54, 1.807) is 29.3 Å². The first-order valence-electron chi connectivity index (χ1n) is 8.99. The zero-order chi connectivity index (χ0) is 19.5. The minimum Gasteiger partial charge on any atom is -0.331 e. The molecule has 2 amide bonds. The van der Waals surface area contributed by atoms with E-state index in [-0.39, 0.29) is 12.1 Å². The smallest absolute Gasteiger partial charge is 0.320 e. The van der Waals surface area contributed by atoms with E-state index in [1.165, 1.54) is 0 Å². The Kier molecular flexibility index (Phi) is 4.72. The lowest BCUT2D eigenvalue weighted by atomic mass is 10.1. The highest BCUT2D eigenvalue weighted by Crippen LogP contribution is 2.20. The monoisotopic (exact) mass is 372 g/mol. The van der Waals surface area contributed by atoms with Gasteiger partial charge in [0, 0.05) is 17.3 Å². The fourth-order valence-corrected chi connectivity index (χ4v) is 3.04. The van der Waals surface area contributed by atoms with Crippen molar-refractivity contribution in [1.82, 2.24) is 25.1 Å². The Labute approximate surface area is 162 Å². The highest BCUT2D eigenvalue weighted by Gasteiger charge is 2.11. The molecule has 0 saturated heterocycles. The van der Waals surface area contributed by atoms with Crippen LogP contribution in [0.5, 0.6) is 0 Å². The van der Waals surface area contributed by atoms with Crippen LogP contribution >= 0.6 is 0 Å². The quantitative estimate of drug-likeness (QED) is 0.567. The number of aromatic nitrogens is 4. The number of rotatable bonds is 4. The fourth-order valence-electron chi connectivity index (χ4n) is 3.04. The average Bonchev–Trinajstić information content (AvgIpc) is 3.12. The van der Waals surface area contributed by atoms with Gasteiger partial charge < -0.3 is 5.32 Å². The van der Waals surface area contributed by atoms with E-state index in [4.69, 9.17) is 0 Å². The van der Waals surface area contributed by atoms with Gasteiger partial charge in [-0.05, 0) is 37.6 Å². The highest BCUT2D eigenvalue weighted by molar-refractivity contribution is 5.91. The molecule has 0 aliphatic heterocycles. The van der Waals surface area contributed by atoms with Crippen LogP contribution in [-0.4, -0.2) is 25.8 Å². The van der Waals surface area contributed by atoms with Crippen molar-refractivity contribution in [3.05, 3.63) is 78.4 Å². The molecule has 4 rings (SSSR count). The lowest BCUT2D eigenvalue weighted by Crippen LogP contribution is -2.31. The standard InChI is InChI=1S/C21H20N6O/c1-14-10-18(8-9-22-14)27-19-13-23-20(11-17(19)12-24-27)26-21(28)25-15(2)16-6-4-3-5-7-16/h3-13,15H,1-2H3,(H2,23,25,26,28)/t15-/m1/s1. The van der Waals surface area contributed by atoms with Crippen molar-refractivity contribution in [2.24, 2.45) is 0 Å². The largest absolute Gasteiger partial charge is 0.331 e. The SMILES string of the molecule is Cc1cc(-n2ncc3cc(NC(=O)N[C@H](C)c4ccccc4)ncc32)ccn1. The summed E-state index contributed by atoms with van der Waals surface area (Å²) in [6, 6.07) is 15.0. The lowest BCUT2D eigenvalue weighted by Gasteiger charge is -2.14. The summed E-state index contributed by atoms with van der Waals surface area (Å²) in [5.74, 6) is 0.468. The van der Waals surface area contributed by atoms with E-state index >= 15 is 0 Å². The van der Waals surface area contributed by atoms with Gasteiger partial charge >= 0.3 is 6.03 Å². The van der Waals surface area contributed by atoms with Gasteiger partial charge in [-0.15, -0.1) is 0 Å². The van der Waals surface area contributed by atoms with Crippen LogP contribution in [0.2, 0.25) is 0 Å². The minimum absolute atomic E-state index is 0.109. The predicted molar refractivity (Wildman–Crippen MR) is 108 cm³/mol. The number of fused-ring (bicyclic) bond motifs is 1. The zero-order valence-electron chi connectivity index (χ0n) is 15.6. The Bertz CT molecular complexity index is 1120. The molecule has 0 saturated carbocycles. The van der Waals surface area contributed by atoms with Gasteiger partial charge in [-0.1, -0.05) is 30.3 Å². The van der Waals surface area contributed by atoms with Crippen molar-refractivity contribution >= 4 is 22.8 Å². The number of urea groups is 1. The number of carbonyl (C=O) groups excluding carboxylic acids is 1. The average molecular weight is 372 g/mol. The third-order valence-corrected chi connectivity index (χ3v) is 4.47. The first-order valence-corrected chi connectivity index (χ1v) is 8.99. The topological polar surface area (TPSA) is 84.7 Å². The van der Waals surface area contributed by atoms with Gasteiger partial charge in [0.25, 0.3) is 0 Å². The number of aryl methyl sites for hydroxylation is 1. The van der Waals surface area contributed by atoms with Crippen molar-refractivity contribution < 1.29 is 4.79 Å². The molecule has 140 valence electrons. The predicted octanol–water partition coefficient (Wildman–Crippen LogP) is 4.01. The van der Waals surface area contributed by atoms with Crippen molar-refractivity contribution in [2.45, 2.75) is 19.9 Å². The van der Waals surface area contributed by atoms with Gasteiger partial charge in [0.05, 0.1) is 29.6 Å². The molecule has 2 N–H and O–H groups in total. The van der Waals surface area contributed by atoms with Gasteiger partial charge in [0.15, 0.2) is 0 Å². The summed E-state index contributed by atoms with van der Waals surface area (Å²) in [6.07, 6.45) is 5.20. The molecule has 1 aromatic carbocycles. The van der Waals surface area contributed by atoms with E-state index in [2.05, 4.69) is 25.7 Å². The lowest BCUT2D eigenvalue weighted by molar-refractivity contribution is 0.249. The van der Waals surface area contributed by atoms with E-state index in [0.717, 1.165) is 27.8 Å². The van der Waals surface area contributed by atoms with E-state index in [9.17, 15) is 4.79 Å². The maximum atomic E-state index is 12.3. The molecule has 0 aliphatic rings. The molecule has 0 fully saturated rings. The Morgan fingerprint density at radius 2 is 1.89 bits per heavy atom. The molecular weight excluding hydrogens is 352 g/mol. The Morgan fingerprint density at radius 3 is 2.68 bits per heavy atom. The summed E-state index contributed by atoms with van der Waals surface area (Å²) in [6.45, 7) is 3.87. The molecular formula is C21H20N6O. The third kappa shape index (κ3) is 3.68. The summed E-state index contributed by atoms with van der Waals surface area (Å²) in [4.78, 5) is 20.9. The van der Waals surface area contributed by atoms with E-state index in [0.29, 0.717) is 5.82 Å². The second kappa shape index (κ2) is 7.48. The number of carbonyl (C=O) groups is 1. The van der Waals surface area contributed by atoms with Gasteiger partial charge in [0.2, 0.25) is 0 Å². The number of nitrogens with zero attached hydrogens (tertiary/aromatic N) is 4. The number of nitrogens with one attached hydrogen (secondary N) is 2. The molecule has 0 spiro atoms. The zero-order valence-corrected chi connectivity index (χ0v) is 15.6. The maximum Gasteiger partial charge on any atom is 0.320 e. The molecule has 7 nitrogen and oxygen atoms in total. The van der Waals surface area contributed by atoms with Crippen molar-refractivity contribution in [1.29, 1.82) is 0 Å². The van der Waals surface area contributed by atoms with Crippen LogP contribution in [0.25, 0.3) is 16.6 Å². The van der Waals surface area contributed by atoms with Crippen LogP contribution < -0.4 is 10.6 Å². The second-order valence-corrected chi connectivity index (χ2v) is 6.57. The molecule has 3 aromatic heterocycles. The van der Waals surface area contributed by atoms with Crippen LogP contribution in [0.3, 0.4) is 0 Å². The fraction of sp³-hybridized carbons (Fsp3) is 0.143. The normalized spacial score (nSPS) is 11.9. The number of pyridine rings is 2. The van der Waals surface area contributed by atoms with Crippen LogP contribution in [0.1, 0.15) is 24.2 Å². The summed E-state index contributed by atoms with van der Waals surface area (Å²) in [5.41, 5.74) is 3.72. The molecule has 3 heterocycles.